The van der Waals surface area contributed by atoms with Gasteiger partial charge in [0.15, 0.2) is 0 Å². The minimum atomic E-state index is -0.691. The first-order chi connectivity index (χ1) is 7.54. The molecule has 0 amide bonds. The fourth-order valence-electron chi connectivity index (χ4n) is 1.84. The third kappa shape index (κ3) is 2.09. The lowest BCUT2D eigenvalue weighted by atomic mass is 10.1. The van der Waals surface area contributed by atoms with E-state index in [1.807, 2.05) is 38.1 Å². The Kier molecular flexibility index (Phi) is 2.98. The summed E-state index contributed by atoms with van der Waals surface area (Å²) in [5, 5.41) is 9.37. The molecule has 0 spiro atoms. The van der Waals surface area contributed by atoms with Gasteiger partial charge in [-0.25, -0.2) is 0 Å². The van der Waals surface area contributed by atoms with Crippen LogP contribution >= 0.6 is 11.8 Å². The Hall–Kier alpha value is -0.960. The fourth-order valence-corrected chi connectivity index (χ4v) is 3.16. The second kappa shape index (κ2) is 4.13. The predicted octanol–water partition coefficient (Wildman–Crippen LogP) is 3.34. The van der Waals surface area contributed by atoms with Crippen LogP contribution in [0.3, 0.4) is 0 Å². The molecule has 1 unspecified atom stereocenters. The van der Waals surface area contributed by atoms with E-state index in [0.29, 0.717) is 5.92 Å². The topological polar surface area (TPSA) is 37.3 Å². The maximum absolute atomic E-state index is 11.4. The third-order valence-corrected chi connectivity index (χ3v) is 4.81. The Morgan fingerprint density at radius 3 is 2.56 bits per heavy atom. The van der Waals surface area contributed by atoms with Crippen LogP contribution in [0.5, 0.6) is 0 Å². The normalized spacial score (nSPS) is 19.1. The maximum Gasteiger partial charge on any atom is 0.320 e. The molecule has 1 aliphatic rings. The molecule has 86 valence electrons. The van der Waals surface area contributed by atoms with E-state index in [1.165, 1.54) is 11.8 Å². The average molecular weight is 236 g/mol. The molecule has 0 saturated heterocycles. The van der Waals surface area contributed by atoms with Crippen molar-refractivity contribution in [1.82, 2.24) is 0 Å². The zero-order valence-corrected chi connectivity index (χ0v) is 10.4. The van der Waals surface area contributed by atoms with Crippen molar-refractivity contribution in [2.45, 2.75) is 36.3 Å². The predicted molar refractivity (Wildman–Crippen MR) is 65.8 cm³/mol. The monoisotopic (exact) mass is 236 g/mol. The van der Waals surface area contributed by atoms with Gasteiger partial charge in [-0.2, -0.15) is 0 Å². The highest BCUT2D eigenvalue weighted by Gasteiger charge is 2.48. The molecule has 1 fully saturated rings. The number of carboxylic acid groups (broad SMARTS) is 1. The maximum atomic E-state index is 11.4. The van der Waals surface area contributed by atoms with Gasteiger partial charge in [-0.05, 0) is 44.2 Å². The van der Waals surface area contributed by atoms with Crippen LogP contribution in [-0.2, 0) is 4.79 Å². The van der Waals surface area contributed by atoms with Crippen LogP contribution < -0.4 is 0 Å². The molecule has 2 rings (SSSR count). The van der Waals surface area contributed by atoms with E-state index < -0.39 is 10.7 Å². The van der Waals surface area contributed by atoms with Gasteiger partial charge in [0, 0.05) is 4.90 Å². The molecule has 0 bridgehead atoms. The van der Waals surface area contributed by atoms with Gasteiger partial charge in [-0.3, -0.25) is 4.79 Å². The van der Waals surface area contributed by atoms with Crippen molar-refractivity contribution in [2.24, 2.45) is 5.92 Å². The van der Waals surface area contributed by atoms with Gasteiger partial charge in [0.25, 0.3) is 0 Å². The summed E-state index contributed by atoms with van der Waals surface area (Å²) in [6, 6.07) is 7.97. The number of benzene rings is 1. The number of thioether (sulfide) groups is 1. The van der Waals surface area contributed by atoms with Crippen LogP contribution in [0.4, 0.5) is 0 Å². The van der Waals surface area contributed by atoms with Crippen molar-refractivity contribution < 1.29 is 9.90 Å². The van der Waals surface area contributed by atoms with Crippen molar-refractivity contribution in [3.05, 3.63) is 29.8 Å². The summed E-state index contributed by atoms with van der Waals surface area (Å²) in [7, 11) is 0. The number of aryl methyl sites for hydroxylation is 1. The standard InChI is InChI=1S/C13H16O2S/c1-9-5-3-4-6-11(9)16-13(2,12(14)15)10-7-8-10/h3-6,10H,7-8H2,1-2H3,(H,14,15). The van der Waals surface area contributed by atoms with E-state index in [4.69, 9.17) is 0 Å². The largest absolute Gasteiger partial charge is 0.480 e. The number of carboxylic acids is 1. The Morgan fingerprint density at radius 2 is 2.06 bits per heavy atom. The highest BCUT2D eigenvalue weighted by Crippen LogP contribution is 2.50. The van der Waals surface area contributed by atoms with Gasteiger partial charge in [0.05, 0.1) is 0 Å². The molecule has 1 atom stereocenters. The van der Waals surface area contributed by atoms with Gasteiger partial charge in [-0.15, -0.1) is 11.8 Å². The van der Waals surface area contributed by atoms with Crippen molar-refractivity contribution in [2.75, 3.05) is 0 Å². The zero-order chi connectivity index (χ0) is 11.8. The average Bonchev–Trinajstić information content (AvgIpc) is 3.04. The van der Waals surface area contributed by atoms with Gasteiger partial charge < -0.3 is 5.11 Å². The van der Waals surface area contributed by atoms with Crippen LogP contribution in [0.2, 0.25) is 0 Å². The van der Waals surface area contributed by atoms with E-state index in [0.717, 1.165) is 23.3 Å². The highest BCUT2D eigenvalue weighted by atomic mass is 32.2. The SMILES string of the molecule is Cc1ccccc1SC(C)(C(=O)O)C1CC1. The van der Waals surface area contributed by atoms with Crippen molar-refractivity contribution in [3.8, 4) is 0 Å². The molecular weight excluding hydrogens is 220 g/mol. The summed E-state index contributed by atoms with van der Waals surface area (Å²) in [4.78, 5) is 12.5. The Morgan fingerprint density at radius 1 is 1.44 bits per heavy atom. The lowest BCUT2D eigenvalue weighted by Gasteiger charge is -2.24. The Balaban J connectivity index is 2.24. The van der Waals surface area contributed by atoms with Gasteiger partial charge in [-0.1, -0.05) is 18.2 Å². The van der Waals surface area contributed by atoms with E-state index >= 15 is 0 Å². The lowest BCUT2D eigenvalue weighted by molar-refractivity contribution is -0.139. The van der Waals surface area contributed by atoms with E-state index in [9.17, 15) is 9.90 Å². The van der Waals surface area contributed by atoms with Crippen LogP contribution in [0, 0.1) is 12.8 Å². The molecule has 16 heavy (non-hydrogen) atoms. The molecule has 1 aliphatic carbocycles. The van der Waals surface area contributed by atoms with Gasteiger partial charge in [0.1, 0.15) is 4.75 Å². The summed E-state index contributed by atoms with van der Waals surface area (Å²) in [6.07, 6.45) is 2.09. The number of aliphatic carboxylic acids is 1. The number of rotatable bonds is 4. The molecule has 0 aliphatic heterocycles. The quantitative estimate of drug-likeness (QED) is 0.815. The van der Waals surface area contributed by atoms with Gasteiger partial charge in [0.2, 0.25) is 0 Å². The van der Waals surface area contributed by atoms with Crippen molar-refractivity contribution in [3.63, 3.8) is 0 Å². The molecule has 0 heterocycles. The molecule has 0 radical (unpaired) electrons. The first-order valence-corrected chi connectivity index (χ1v) is 6.33. The van der Waals surface area contributed by atoms with Crippen LogP contribution in [0.25, 0.3) is 0 Å². The first kappa shape index (κ1) is 11.5. The summed E-state index contributed by atoms with van der Waals surface area (Å²) in [5.41, 5.74) is 1.15. The molecule has 1 aromatic rings. The second-order valence-corrected chi connectivity index (χ2v) is 6.05. The Labute approximate surface area is 100 Å². The number of hydrogen-bond donors (Lipinski definition) is 1. The summed E-state index contributed by atoms with van der Waals surface area (Å²) in [6.45, 7) is 3.88. The smallest absolute Gasteiger partial charge is 0.320 e. The van der Waals surface area contributed by atoms with Crippen molar-refractivity contribution >= 4 is 17.7 Å². The summed E-state index contributed by atoms with van der Waals surface area (Å²) < 4.78 is -0.661. The van der Waals surface area contributed by atoms with E-state index in [1.54, 1.807) is 0 Å². The summed E-state index contributed by atoms with van der Waals surface area (Å²) in [5.74, 6) is -0.363. The highest BCUT2D eigenvalue weighted by molar-refractivity contribution is 8.01. The molecule has 1 saturated carbocycles. The van der Waals surface area contributed by atoms with E-state index in [-0.39, 0.29) is 0 Å². The second-order valence-electron chi connectivity index (χ2n) is 4.55. The van der Waals surface area contributed by atoms with Gasteiger partial charge >= 0.3 is 5.97 Å². The van der Waals surface area contributed by atoms with Crippen LogP contribution in [0.1, 0.15) is 25.3 Å². The summed E-state index contributed by atoms with van der Waals surface area (Å²) >= 11 is 1.50. The van der Waals surface area contributed by atoms with E-state index in [2.05, 4.69) is 0 Å². The third-order valence-electron chi connectivity index (χ3n) is 3.20. The first-order valence-electron chi connectivity index (χ1n) is 5.52. The van der Waals surface area contributed by atoms with Crippen LogP contribution in [-0.4, -0.2) is 15.8 Å². The van der Waals surface area contributed by atoms with Crippen LogP contribution in [0.15, 0.2) is 29.2 Å². The zero-order valence-electron chi connectivity index (χ0n) is 9.56. The molecule has 0 aromatic heterocycles. The number of hydrogen-bond acceptors (Lipinski definition) is 2. The molecule has 1 aromatic carbocycles. The molecule has 2 nitrogen and oxygen atoms in total. The minimum Gasteiger partial charge on any atom is -0.480 e. The minimum absolute atomic E-state index is 0.328. The van der Waals surface area contributed by atoms with Crippen molar-refractivity contribution in [1.29, 1.82) is 0 Å². The molecule has 1 N–H and O–H groups in total. The number of carbonyl (C=O) groups is 1. The Bertz CT molecular complexity index is 412. The lowest BCUT2D eigenvalue weighted by Crippen LogP contribution is -2.33. The molecule has 3 heteroatoms. The fraction of sp³-hybridized carbons (Fsp3) is 0.462. The molecular formula is C13H16O2S.